The second kappa shape index (κ2) is 8.67. The number of sulfone groups is 1. The number of rotatable bonds is 6. The van der Waals surface area contributed by atoms with Crippen molar-refractivity contribution in [2.24, 2.45) is 0 Å². The minimum atomic E-state index is -3.63. The van der Waals surface area contributed by atoms with Gasteiger partial charge in [-0.25, -0.2) is 22.6 Å². The fourth-order valence-electron chi connectivity index (χ4n) is 2.98. The minimum Gasteiger partial charge on any atom is -0.469 e. The molecule has 2 N–H and O–H groups in total. The first-order chi connectivity index (χ1) is 14.6. The van der Waals surface area contributed by atoms with Crippen LogP contribution in [0.5, 0.6) is 5.88 Å². The molecule has 12 nitrogen and oxygen atoms in total. The van der Waals surface area contributed by atoms with E-state index in [2.05, 4.69) is 15.3 Å². The summed E-state index contributed by atoms with van der Waals surface area (Å²) in [5.74, 6) is -1.63. The van der Waals surface area contributed by atoms with Crippen molar-refractivity contribution in [3.63, 3.8) is 0 Å². The van der Waals surface area contributed by atoms with Gasteiger partial charge in [-0.3, -0.25) is 10.1 Å². The standard InChI is InChI=1S/C17H18FN5O7S/c1-31(28,29)11-2-3-13(12(18)8-11)21-15-14(23(26)27)16(20-9-19-15)30-10-4-6-22(7-5-10)17(24)25/h2-3,8-10H,4-7H2,1H3,(H,24,25)(H,19,20,21). The van der Waals surface area contributed by atoms with Crippen LogP contribution in [-0.4, -0.2) is 64.9 Å². The molecular formula is C17H18FN5O7S. The third kappa shape index (κ3) is 5.14. The van der Waals surface area contributed by atoms with Crippen LogP contribution in [0.3, 0.4) is 0 Å². The lowest BCUT2D eigenvalue weighted by atomic mass is 10.1. The van der Waals surface area contributed by atoms with Crippen LogP contribution in [0.1, 0.15) is 12.8 Å². The van der Waals surface area contributed by atoms with Crippen molar-refractivity contribution in [2.45, 2.75) is 23.8 Å². The number of aromatic nitrogens is 2. The van der Waals surface area contributed by atoms with Crippen molar-refractivity contribution in [1.29, 1.82) is 0 Å². The maximum atomic E-state index is 14.4. The van der Waals surface area contributed by atoms with Gasteiger partial charge in [0.25, 0.3) is 5.88 Å². The zero-order valence-corrected chi connectivity index (χ0v) is 17.0. The zero-order valence-electron chi connectivity index (χ0n) is 16.2. The van der Waals surface area contributed by atoms with Crippen LogP contribution in [-0.2, 0) is 9.84 Å². The first-order valence-electron chi connectivity index (χ1n) is 8.97. The van der Waals surface area contributed by atoms with Gasteiger partial charge in [-0.15, -0.1) is 0 Å². The number of likely N-dealkylation sites (tertiary alicyclic amines) is 1. The number of hydrogen-bond acceptors (Lipinski definition) is 9. The van der Waals surface area contributed by atoms with Gasteiger partial charge >= 0.3 is 11.8 Å². The van der Waals surface area contributed by atoms with Crippen LogP contribution >= 0.6 is 0 Å². The molecule has 0 atom stereocenters. The molecule has 0 bridgehead atoms. The predicted molar refractivity (Wildman–Crippen MR) is 105 cm³/mol. The first kappa shape index (κ1) is 22.1. The fraction of sp³-hybridized carbons (Fsp3) is 0.353. The van der Waals surface area contributed by atoms with Crippen molar-refractivity contribution >= 4 is 33.1 Å². The highest BCUT2D eigenvalue weighted by Crippen LogP contribution is 2.35. The van der Waals surface area contributed by atoms with E-state index < -0.39 is 38.5 Å². The number of ether oxygens (including phenoxy) is 1. The van der Waals surface area contributed by atoms with Gasteiger partial charge in [0.1, 0.15) is 18.2 Å². The summed E-state index contributed by atoms with van der Waals surface area (Å²) in [5.41, 5.74) is -0.857. The third-order valence-electron chi connectivity index (χ3n) is 4.58. The van der Waals surface area contributed by atoms with Crippen molar-refractivity contribution < 1.29 is 32.4 Å². The van der Waals surface area contributed by atoms with Crippen LogP contribution in [0.15, 0.2) is 29.4 Å². The summed E-state index contributed by atoms with van der Waals surface area (Å²) in [6.45, 7) is 0.420. The number of piperidine rings is 1. The molecule has 14 heteroatoms. The molecule has 1 aliphatic heterocycles. The van der Waals surface area contributed by atoms with E-state index in [-0.39, 0.29) is 35.4 Å². The molecule has 1 aromatic heterocycles. The van der Waals surface area contributed by atoms with Crippen LogP contribution in [0, 0.1) is 15.9 Å². The summed E-state index contributed by atoms with van der Waals surface area (Å²) < 4.78 is 43.1. The number of nitro groups is 1. The van der Waals surface area contributed by atoms with Gasteiger partial charge in [-0.2, -0.15) is 4.98 Å². The van der Waals surface area contributed by atoms with Crippen LogP contribution in [0.25, 0.3) is 0 Å². The predicted octanol–water partition coefficient (Wildman–Crippen LogP) is 2.19. The van der Waals surface area contributed by atoms with E-state index in [0.717, 1.165) is 30.8 Å². The number of carbonyl (C=O) groups is 1. The molecule has 1 fully saturated rings. The Balaban J connectivity index is 1.84. The number of halogens is 1. The Kier molecular flexibility index (Phi) is 6.19. The lowest BCUT2D eigenvalue weighted by molar-refractivity contribution is -0.385. The molecule has 0 saturated carbocycles. The molecule has 0 unspecified atom stereocenters. The molecule has 1 aliphatic rings. The Bertz CT molecular complexity index is 1120. The number of hydrogen-bond donors (Lipinski definition) is 2. The number of benzene rings is 1. The molecule has 1 aromatic carbocycles. The highest BCUT2D eigenvalue weighted by molar-refractivity contribution is 7.90. The molecule has 1 saturated heterocycles. The second-order valence-corrected chi connectivity index (χ2v) is 8.77. The monoisotopic (exact) mass is 455 g/mol. The first-order valence-corrected chi connectivity index (χ1v) is 10.9. The van der Waals surface area contributed by atoms with E-state index in [9.17, 15) is 27.7 Å². The van der Waals surface area contributed by atoms with E-state index in [1.807, 2.05) is 0 Å². The largest absolute Gasteiger partial charge is 0.469 e. The van der Waals surface area contributed by atoms with Gasteiger partial charge in [-0.05, 0) is 18.2 Å². The average Bonchev–Trinajstić information content (AvgIpc) is 2.69. The van der Waals surface area contributed by atoms with Gasteiger partial charge < -0.3 is 20.1 Å². The van der Waals surface area contributed by atoms with Gasteiger partial charge in [0, 0.05) is 32.2 Å². The highest BCUT2D eigenvalue weighted by atomic mass is 32.2. The van der Waals surface area contributed by atoms with Gasteiger partial charge in [0.05, 0.1) is 15.5 Å². The Morgan fingerprint density at radius 3 is 2.58 bits per heavy atom. The quantitative estimate of drug-likeness (QED) is 0.487. The Morgan fingerprint density at radius 1 is 1.35 bits per heavy atom. The summed E-state index contributed by atoms with van der Waals surface area (Å²) in [6, 6.07) is 3.07. The number of carboxylic acid groups (broad SMARTS) is 1. The third-order valence-corrected chi connectivity index (χ3v) is 5.69. The number of nitrogens with one attached hydrogen (secondary N) is 1. The number of anilines is 2. The van der Waals surface area contributed by atoms with Crippen molar-refractivity contribution in [3.05, 3.63) is 40.5 Å². The normalized spacial score (nSPS) is 14.8. The topological polar surface area (TPSA) is 165 Å². The smallest absolute Gasteiger partial charge is 0.407 e. The van der Waals surface area contributed by atoms with Gasteiger partial charge in [0.15, 0.2) is 9.84 Å². The molecule has 3 rings (SSSR count). The molecule has 31 heavy (non-hydrogen) atoms. The highest BCUT2D eigenvalue weighted by Gasteiger charge is 2.30. The van der Waals surface area contributed by atoms with E-state index >= 15 is 0 Å². The van der Waals surface area contributed by atoms with E-state index in [4.69, 9.17) is 9.84 Å². The minimum absolute atomic E-state index is 0.210. The lowest BCUT2D eigenvalue weighted by Gasteiger charge is -2.29. The molecular weight excluding hydrogens is 437 g/mol. The molecule has 2 heterocycles. The Labute approximate surface area is 175 Å². The fourth-order valence-corrected chi connectivity index (χ4v) is 3.62. The Hall–Kier alpha value is -3.55. The second-order valence-electron chi connectivity index (χ2n) is 6.76. The summed E-state index contributed by atoms with van der Waals surface area (Å²) in [7, 11) is -3.63. The SMILES string of the molecule is CS(=O)(=O)c1ccc(Nc2ncnc(OC3CCN(C(=O)O)CC3)c2[N+](=O)[O-])c(F)c1. The maximum Gasteiger partial charge on any atom is 0.407 e. The van der Waals surface area contributed by atoms with Gasteiger partial charge in [0.2, 0.25) is 5.82 Å². The van der Waals surface area contributed by atoms with Gasteiger partial charge in [-0.1, -0.05) is 0 Å². The van der Waals surface area contributed by atoms with E-state index in [1.165, 1.54) is 4.90 Å². The number of amides is 1. The molecule has 0 aliphatic carbocycles. The van der Waals surface area contributed by atoms with E-state index in [1.54, 1.807) is 0 Å². The summed E-state index contributed by atoms with van der Waals surface area (Å²) in [4.78, 5) is 30.4. The summed E-state index contributed by atoms with van der Waals surface area (Å²) >= 11 is 0. The molecule has 1 amide bonds. The van der Waals surface area contributed by atoms with Crippen molar-refractivity contribution in [1.82, 2.24) is 14.9 Å². The van der Waals surface area contributed by atoms with Crippen molar-refractivity contribution in [2.75, 3.05) is 24.7 Å². The molecule has 2 aromatic rings. The average molecular weight is 455 g/mol. The zero-order chi connectivity index (χ0) is 22.8. The van der Waals surface area contributed by atoms with Crippen LogP contribution < -0.4 is 10.1 Å². The van der Waals surface area contributed by atoms with Crippen LogP contribution in [0.2, 0.25) is 0 Å². The maximum absolute atomic E-state index is 14.4. The number of nitrogens with zero attached hydrogens (tertiary/aromatic N) is 4. The molecule has 0 spiro atoms. The lowest BCUT2D eigenvalue weighted by Crippen LogP contribution is -2.41. The summed E-state index contributed by atoms with van der Waals surface area (Å²) in [5, 5.41) is 23.1. The Morgan fingerprint density at radius 2 is 2.03 bits per heavy atom. The van der Waals surface area contributed by atoms with E-state index in [0.29, 0.717) is 12.8 Å². The summed E-state index contributed by atoms with van der Waals surface area (Å²) in [6.07, 6.45) is 1.01. The molecule has 166 valence electrons. The molecule has 0 radical (unpaired) electrons. The van der Waals surface area contributed by atoms with Crippen LogP contribution in [0.4, 0.5) is 26.4 Å². The van der Waals surface area contributed by atoms with Crippen molar-refractivity contribution in [3.8, 4) is 5.88 Å².